The first-order valence-corrected chi connectivity index (χ1v) is 9.69. The maximum atomic E-state index is 12.7. The molecule has 1 amide bonds. The minimum atomic E-state index is -0.272. The van der Waals surface area contributed by atoms with Crippen molar-refractivity contribution >= 4 is 17.2 Å². The van der Waals surface area contributed by atoms with Gasteiger partial charge >= 0.3 is 0 Å². The fourth-order valence-electron chi connectivity index (χ4n) is 3.93. The van der Waals surface area contributed by atoms with Crippen molar-refractivity contribution in [1.29, 1.82) is 0 Å². The van der Waals surface area contributed by atoms with Gasteiger partial charge in [0.2, 0.25) is 0 Å². The summed E-state index contributed by atoms with van der Waals surface area (Å²) in [6, 6.07) is 5.69. The van der Waals surface area contributed by atoms with E-state index in [-0.39, 0.29) is 11.5 Å². The van der Waals surface area contributed by atoms with Gasteiger partial charge in [-0.2, -0.15) is 11.3 Å². The summed E-state index contributed by atoms with van der Waals surface area (Å²) in [4.78, 5) is 18.8. The predicted molar refractivity (Wildman–Crippen MR) is 96.0 cm³/mol. The Morgan fingerprint density at radius 1 is 1.48 bits per heavy atom. The van der Waals surface area contributed by atoms with E-state index < -0.39 is 0 Å². The van der Waals surface area contributed by atoms with Crippen molar-refractivity contribution in [2.75, 3.05) is 26.3 Å². The van der Waals surface area contributed by atoms with Gasteiger partial charge in [-0.1, -0.05) is 0 Å². The molecule has 0 radical (unpaired) electrons. The van der Waals surface area contributed by atoms with Crippen LogP contribution < -0.4 is 4.74 Å². The van der Waals surface area contributed by atoms with E-state index in [1.165, 1.54) is 0 Å². The minimum absolute atomic E-state index is 0.114. The summed E-state index contributed by atoms with van der Waals surface area (Å²) in [7, 11) is 0. The summed E-state index contributed by atoms with van der Waals surface area (Å²) in [6.07, 6.45) is 6.64. The van der Waals surface area contributed by atoms with E-state index >= 15 is 0 Å². The van der Waals surface area contributed by atoms with Gasteiger partial charge < -0.3 is 14.4 Å². The fraction of sp³-hybridized carbons (Fsp3) is 0.474. The summed E-state index contributed by atoms with van der Waals surface area (Å²) in [5.41, 5.74) is 0.509. The molecule has 0 N–H and O–H groups in total. The highest BCUT2D eigenvalue weighted by Crippen LogP contribution is 2.41. The lowest BCUT2D eigenvalue weighted by Gasteiger charge is -2.44. The molecule has 6 heteroatoms. The van der Waals surface area contributed by atoms with E-state index in [0.717, 1.165) is 30.6 Å². The van der Waals surface area contributed by atoms with Crippen molar-refractivity contribution in [1.82, 2.24) is 9.88 Å². The van der Waals surface area contributed by atoms with Gasteiger partial charge in [-0.05, 0) is 42.8 Å². The molecule has 2 atom stereocenters. The van der Waals surface area contributed by atoms with Crippen molar-refractivity contribution in [3.63, 3.8) is 0 Å². The van der Waals surface area contributed by atoms with E-state index in [2.05, 4.69) is 4.98 Å². The highest BCUT2D eigenvalue weighted by Gasteiger charge is 2.48. The first-order valence-electron chi connectivity index (χ1n) is 8.75. The smallest absolute Gasteiger partial charge is 0.254 e. The fourth-order valence-corrected chi connectivity index (χ4v) is 4.56. The molecule has 0 unspecified atom stereocenters. The molecule has 25 heavy (non-hydrogen) atoms. The number of amides is 1. The van der Waals surface area contributed by atoms with Crippen molar-refractivity contribution in [2.45, 2.75) is 24.9 Å². The number of hydrogen-bond acceptors (Lipinski definition) is 5. The topological polar surface area (TPSA) is 51.7 Å². The second kappa shape index (κ2) is 7.14. The predicted octanol–water partition coefficient (Wildman–Crippen LogP) is 3.23. The van der Waals surface area contributed by atoms with Crippen molar-refractivity contribution < 1.29 is 14.3 Å². The van der Waals surface area contributed by atoms with Crippen LogP contribution in [0.3, 0.4) is 0 Å². The Bertz CT molecular complexity index is 707. The third-order valence-electron chi connectivity index (χ3n) is 5.25. The maximum absolute atomic E-state index is 12.7. The van der Waals surface area contributed by atoms with Crippen LogP contribution in [0.5, 0.6) is 5.75 Å². The van der Waals surface area contributed by atoms with Crippen LogP contribution in [0.25, 0.3) is 0 Å². The summed E-state index contributed by atoms with van der Waals surface area (Å²) in [5.74, 6) is 1.19. The molecule has 1 spiro atoms. The molecule has 2 aliphatic rings. The molecule has 1 saturated heterocycles. The molecule has 1 aliphatic carbocycles. The molecule has 5 nitrogen and oxygen atoms in total. The lowest BCUT2D eigenvalue weighted by molar-refractivity contribution is -0.126. The van der Waals surface area contributed by atoms with Crippen LogP contribution in [0.2, 0.25) is 0 Å². The van der Waals surface area contributed by atoms with Gasteiger partial charge in [0.15, 0.2) is 0 Å². The average Bonchev–Trinajstić information content (AvgIpc) is 3.31. The van der Waals surface area contributed by atoms with Crippen molar-refractivity contribution in [2.24, 2.45) is 5.92 Å². The van der Waals surface area contributed by atoms with Crippen molar-refractivity contribution in [3.8, 4) is 5.75 Å². The molecule has 1 aliphatic heterocycles. The monoisotopic (exact) mass is 358 g/mol. The maximum Gasteiger partial charge on any atom is 0.254 e. The highest BCUT2D eigenvalue weighted by molar-refractivity contribution is 7.08. The van der Waals surface area contributed by atoms with Gasteiger partial charge in [-0.25, -0.2) is 0 Å². The summed E-state index contributed by atoms with van der Waals surface area (Å²) >= 11 is 1.56. The third-order valence-corrected chi connectivity index (χ3v) is 5.93. The van der Waals surface area contributed by atoms with E-state index in [4.69, 9.17) is 9.47 Å². The minimum Gasteiger partial charge on any atom is -0.492 e. The van der Waals surface area contributed by atoms with E-state index in [9.17, 15) is 4.79 Å². The molecule has 3 heterocycles. The Kier molecular flexibility index (Phi) is 4.72. The normalized spacial score (nSPS) is 26.1. The zero-order valence-corrected chi connectivity index (χ0v) is 14.9. The summed E-state index contributed by atoms with van der Waals surface area (Å²) < 4.78 is 12.2. The molecule has 0 bridgehead atoms. The largest absolute Gasteiger partial charge is 0.492 e. The molecule has 2 fully saturated rings. The number of aromatic nitrogens is 1. The van der Waals surface area contributed by atoms with Crippen LogP contribution in [0.15, 0.2) is 41.4 Å². The molecule has 4 rings (SSSR count). The van der Waals surface area contributed by atoms with E-state index in [1.807, 2.05) is 33.9 Å². The molecule has 132 valence electrons. The van der Waals surface area contributed by atoms with Gasteiger partial charge in [-0.3, -0.25) is 9.78 Å². The number of carbonyl (C=O) groups excluding carboxylic acids is 1. The second-order valence-electron chi connectivity index (χ2n) is 6.74. The Morgan fingerprint density at radius 2 is 2.44 bits per heavy atom. The van der Waals surface area contributed by atoms with Gasteiger partial charge in [0.05, 0.1) is 37.1 Å². The quantitative estimate of drug-likeness (QED) is 0.842. The van der Waals surface area contributed by atoms with Gasteiger partial charge in [-0.15, -0.1) is 0 Å². The Morgan fingerprint density at radius 3 is 3.24 bits per heavy atom. The lowest BCUT2D eigenvalue weighted by Crippen LogP contribution is -2.56. The number of pyridine rings is 1. The van der Waals surface area contributed by atoms with Crippen LogP contribution in [0, 0.1) is 5.92 Å². The zero-order chi connectivity index (χ0) is 17.1. The van der Waals surface area contributed by atoms with E-state index in [0.29, 0.717) is 32.2 Å². The van der Waals surface area contributed by atoms with Crippen LogP contribution in [-0.2, 0) is 4.74 Å². The van der Waals surface area contributed by atoms with E-state index in [1.54, 1.807) is 23.7 Å². The second-order valence-corrected chi connectivity index (χ2v) is 7.52. The standard InChI is InChI=1S/C19H22N2O3S/c22-18(15-5-10-25-13-15)21-8-9-24-19(14-21)6-1-3-16(19)12-23-17-4-2-7-20-11-17/h2,4-5,7,10-11,13,16H,1,3,6,8-9,12,14H2/t16-,19-/m1/s1. The zero-order valence-electron chi connectivity index (χ0n) is 14.1. The highest BCUT2D eigenvalue weighted by atomic mass is 32.1. The first kappa shape index (κ1) is 16.5. The number of rotatable bonds is 4. The van der Waals surface area contributed by atoms with Gasteiger partial charge in [0.25, 0.3) is 5.91 Å². The number of carbonyl (C=O) groups is 1. The average molecular weight is 358 g/mol. The van der Waals surface area contributed by atoms with Crippen molar-refractivity contribution in [3.05, 3.63) is 46.9 Å². The Hall–Kier alpha value is -1.92. The van der Waals surface area contributed by atoms with Crippen LogP contribution >= 0.6 is 11.3 Å². The van der Waals surface area contributed by atoms with Crippen LogP contribution in [0.4, 0.5) is 0 Å². The third kappa shape index (κ3) is 3.41. The number of morpholine rings is 1. The molecular weight excluding hydrogens is 336 g/mol. The van der Waals surface area contributed by atoms with Gasteiger partial charge in [0.1, 0.15) is 5.75 Å². The van der Waals surface area contributed by atoms with Gasteiger partial charge in [0, 0.05) is 24.0 Å². The first-order chi connectivity index (χ1) is 12.3. The van der Waals surface area contributed by atoms with Crippen LogP contribution in [0.1, 0.15) is 29.6 Å². The molecule has 2 aromatic rings. The summed E-state index contributed by atoms with van der Waals surface area (Å²) in [6.45, 7) is 2.51. The Labute approximate surface area is 151 Å². The molecule has 2 aromatic heterocycles. The lowest BCUT2D eigenvalue weighted by atomic mass is 9.89. The number of nitrogens with zero attached hydrogens (tertiary/aromatic N) is 2. The number of ether oxygens (including phenoxy) is 2. The molecule has 1 saturated carbocycles. The SMILES string of the molecule is O=C(c1ccsc1)N1CCO[C@]2(CCC[C@@H]2COc2cccnc2)C1. The van der Waals surface area contributed by atoms with Crippen LogP contribution in [-0.4, -0.2) is 47.7 Å². The molecule has 0 aromatic carbocycles. The summed E-state index contributed by atoms with van der Waals surface area (Å²) in [5, 5.41) is 3.87. The number of thiophene rings is 1. The molecular formula is C19H22N2O3S. The Balaban J connectivity index is 1.44. The number of hydrogen-bond donors (Lipinski definition) is 0.